The van der Waals surface area contributed by atoms with E-state index in [2.05, 4.69) is 5.32 Å². The molecule has 0 radical (unpaired) electrons. The van der Waals surface area contributed by atoms with E-state index >= 15 is 0 Å². The van der Waals surface area contributed by atoms with Gasteiger partial charge in [-0.2, -0.15) is 0 Å². The maximum absolute atomic E-state index is 9.56. The Labute approximate surface area is 95.9 Å². The zero-order chi connectivity index (χ0) is 11.8. The summed E-state index contributed by atoms with van der Waals surface area (Å²) in [7, 11) is 0. The highest BCUT2D eigenvalue weighted by Crippen LogP contribution is 2.08. The van der Waals surface area contributed by atoms with Crippen LogP contribution in [-0.4, -0.2) is 35.7 Å². The lowest BCUT2D eigenvalue weighted by molar-refractivity contribution is 0.0729. The molecule has 0 aliphatic heterocycles. The van der Waals surface area contributed by atoms with Gasteiger partial charge in [-0.15, -0.1) is 0 Å². The number of benzene rings is 1. The molecule has 0 heterocycles. The van der Waals surface area contributed by atoms with Gasteiger partial charge in [-0.3, -0.25) is 5.32 Å². The Bertz CT molecular complexity index is 279. The number of hydrogen-bond acceptors (Lipinski definition) is 4. The third-order valence-electron chi connectivity index (χ3n) is 2.16. The van der Waals surface area contributed by atoms with Crippen molar-refractivity contribution in [1.82, 2.24) is 5.32 Å². The van der Waals surface area contributed by atoms with E-state index in [9.17, 15) is 10.2 Å². The van der Waals surface area contributed by atoms with E-state index < -0.39 is 12.3 Å². The fraction of sp³-hybridized carbons (Fsp3) is 0.500. The van der Waals surface area contributed by atoms with Gasteiger partial charge in [-0.1, -0.05) is 25.1 Å². The van der Waals surface area contributed by atoms with Crippen LogP contribution >= 0.6 is 0 Å². The van der Waals surface area contributed by atoms with Crippen LogP contribution in [0.3, 0.4) is 0 Å². The minimum absolute atomic E-state index is 0.216. The van der Waals surface area contributed by atoms with Crippen molar-refractivity contribution in [2.45, 2.75) is 25.7 Å². The molecule has 4 nitrogen and oxygen atoms in total. The Morgan fingerprint density at radius 2 is 1.94 bits per heavy atom. The number of para-hydroxylation sites is 1. The van der Waals surface area contributed by atoms with Gasteiger partial charge in [-0.05, 0) is 18.6 Å². The standard InChI is InChI=1S/C12H19NO3/c1-2-12(15)13-8-10(14)9-16-11-6-4-3-5-7-11/h3-7,10,12-15H,2,8-9H2,1H3. The summed E-state index contributed by atoms with van der Waals surface area (Å²) in [5.74, 6) is 0.734. The van der Waals surface area contributed by atoms with Gasteiger partial charge in [0.2, 0.25) is 0 Å². The molecule has 0 amide bonds. The molecule has 4 heteroatoms. The van der Waals surface area contributed by atoms with Crippen LogP contribution in [0.1, 0.15) is 13.3 Å². The van der Waals surface area contributed by atoms with Gasteiger partial charge in [0.25, 0.3) is 0 Å². The Morgan fingerprint density at radius 1 is 1.25 bits per heavy atom. The molecule has 0 saturated heterocycles. The minimum Gasteiger partial charge on any atom is -0.491 e. The summed E-state index contributed by atoms with van der Waals surface area (Å²) < 4.78 is 5.36. The summed E-state index contributed by atoms with van der Waals surface area (Å²) in [6.07, 6.45) is -0.570. The maximum atomic E-state index is 9.56. The van der Waals surface area contributed by atoms with Crippen molar-refractivity contribution in [2.75, 3.05) is 13.2 Å². The Morgan fingerprint density at radius 3 is 2.56 bits per heavy atom. The van der Waals surface area contributed by atoms with Gasteiger partial charge in [0.05, 0.1) is 0 Å². The van der Waals surface area contributed by atoms with Crippen LogP contribution in [0.2, 0.25) is 0 Å². The van der Waals surface area contributed by atoms with Crippen LogP contribution in [0.5, 0.6) is 5.75 Å². The maximum Gasteiger partial charge on any atom is 0.119 e. The monoisotopic (exact) mass is 225 g/mol. The van der Waals surface area contributed by atoms with Crippen LogP contribution in [0.25, 0.3) is 0 Å². The van der Waals surface area contributed by atoms with Crippen molar-refractivity contribution in [1.29, 1.82) is 0 Å². The van der Waals surface area contributed by atoms with E-state index in [-0.39, 0.29) is 6.61 Å². The zero-order valence-corrected chi connectivity index (χ0v) is 9.47. The van der Waals surface area contributed by atoms with E-state index in [1.54, 1.807) is 0 Å². The normalized spacial score (nSPS) is 14.4. The predicted molar refractivity (Wildman–Crippen MR) is 62.2 cm³/mol. The van der Waals surface area contributed by atoms with E-state index in [0.717, 1.165) is 5.75 Å². The summed E-state index contributed by atoms with van der Waals surface area (Å²) in [4.78, 5) is 0. The molecular formula is C12H19NO3. The first-order valence-corrected chi connectivity index (χ1v) is 5.49. The summed E-state index contributed by atoms with van der Waals surface area (Å²) in [6.45, 7) is 2.40. The molecule has 2 atom stereocenters. The quantitative estimate of drug-likeness (QED) is 0.599. The smallest absolute Gasteiger partial charge is 0.119 e. The van der Waals surface area contributed by atoms with Crippen molar-refractivity contribution < 1.29 is 14.9 Å². The molecule has 0 aliphatic carbocycles. The SMILES string of the molecule is CCC(O)NCC(O)COc1ccccc1. The van der Waals surface area contributed by atoms with Crippen LogP contribution in [0.4, 0.5) is 0 Å². The van der Waals surface area contributed by atoms with Crippen LogP contribution in [0, 0.1) is 0 Å². The fourth-order valence-electron chi connectivity index (χ4n) is 1.18. The molecular weight excluding hydrogens is 206 g/mol. The van der Waals surface area contributed by atoms with Crippen LogP contribution < -0.4 is 10.1 Å². The molecule has 0 bridgehead atoms. The van der Waals surface area contributed by atoms with E-state index in [0.29, 0.717) is 13.0 Å². The van der Waals surface area contributed by atoms with Crippen molar-refractivity contribution >= 4 is 0 Å². The van der Waals surface area contributed by atoms with Crippen molar-refractivity contribution in [3.05, 3.63) is 30.3 Å². The molecule has 1 rings (SSSR count). The third-order valence-corrected chi connectivity index (χ3v) is 2.16. The number of rotatable bonds is 7. The average molecular weight is 225 g/mol. The summed E-state index contributed by atoms with van der Waals surface area (Å²) in [5, 5.41) is 21.6. The molecule has 3 N–H and O–H groups in total. The van der Waals surface area contributed by atoms with Crippen LogP contribution in [0.15, 0.2) is 30.3 Å². The first kappa shape index (κ1) is 13.0. The first-order chi connectivity index (χ1) is 7.72. The van der Waals surface area contributed by atoms with Crippen LogP contribution in [-0.2, 0) is 0 Å². The molecule has 1 aromatic rings. The van der Waals surface area contributed by atoms with Crippen molar-refractivity contribution in [2.24, 2.45) is 0 Å². The lowest BCUT2D eigenvalue weighted by Gasteiger charge is -2.15. The largest absolute Gasteiger partial charge is 0.491 e. The summed E-state index contributed by atoms with van der Waals surface area (Å²) >= 11 is 0. The average Bonchev–Trinajstić information content (AvgIpc) is 2.34. The number of ether oxygens (including phenoxy) is 1. The molecule has 0 spiro atoms. The highest BCUT2D eigenvalue weighted by molar-refractivity contribution is 5.20. The lowest BCUT2D eigenvalue weighted by atomic mass is 10.3. The van der Waals surface area contributed by atoms with Gasteiger partial charge in [0.15, 0.2) is 0 Å². The second-order valence-electron chi connectivity index (χ2n) is 3.61. The minimum atomic E-state index is -0.624. The summed E-state index contributed by atoms with van der Waals surface area (Å²) in [6, 6.07) is 9.33. The highest BCUT2D eigenvalue weighted by atomic mass is 16.5. The second-order valence-corrected chi connectivity index (χ2v) is 3.61. The Hall–Kier alpha value is -1.10. The number of aliphatic hydroxyl groups excluding tert-OH is 2. The molecule has 1 aromatic carbocycles. The summed E-state index contributed by atoms with van der Waals surface area (Å²) in [5.41, 5.74) is 0. The lowest BCUT2D eigenvalue weighted by Crippen LogP contribution is -2.37. The number of hydrogen-bond donors (Lipinski definition) is 3. The topological polar surface area (TPSA) is 61.7 Å². The molecule has 0 aromatic heterocycles. The number of nitrogens with one attached hydrogen (secondary N) is 1. The molecule has 16 heavy (non-hydrogen) atoms. The molecule has 2 unspecified atom stereocenters. The Kier molecular flexibility index (Phi) is 5.85. The van der Waals surface area contributed by atoms with E-state index in [1.807, 2.05) is 37.3 Å². The fourth-order valence-corrected chi connectivity index (χ4v) is 1.18. The first-order valence-electron chi connectivity index (χ1n) is 5.49. The van der Waals surface area contributed by atoms with Gasteiger partial charge in [0.1, 0.15) is 24.7 Å². The third kappa shape index (κ3) is 5.11. The highest BCUT2D eigenvalue weighted by Gasteiger charge is 2.07. The van der Waals surface area contributed by atoms with Gasteiger partial charge < -0.3 is 14.9 Å². The van der Waals surface area contributed by atoms with Gasteiger partial charge in [-0.25, -0.2) is 0 Å². The van der Waals surface area contributed by atoms with E-state index in [1.165, 1.54) is 0 Å². The van der Waals surface area contributed by atoms with Gasteiger partial charge >= 0.3 is 0 Å². The molecule has 0 saturated carbocycles. The molecule has 0 aliphatic rings. The Balaban J connectivity index is 2.18. The second kappa shape index (κ2) is 7.22. The van der Waals surface area contributed by atoms with Crippen molar-refractivity contribution in [3.63, 3.8) is 0 Å². The van der Waals surface area contributed by atoms with Crippen molar-refractivity contribution in [3.8, 4) is 5.75 Å². The van der Waals surface area contributed by atoms with Gasteiger partial charge in [0, 0.05) is 6.54 Å². The molecule has 90 valence electrons. The number of aliphatic hydroxyl groups is 2. The zero-order valence-electron chi connectivity index (χ0n) is 9.47. The van der Waals surface area contributed by atoms with E-state index in [4.69, 9.17) is 4.74 Å². The molecule has 0 fully saturated rings. The predicted octanol–water partition coefficient (Wildman–Crippen LogP) is 0.744.